The summed E-state index contributed by atoms with van der Waals surface area (Å²) in [6.07, 6.45) is 99.5. The van der Waals surface area contributed by atoms with Crippen LogP contribution in [0.1, 0.15) is 316 Å². The van der Waals surface area contributed by atoms with Gasteiger partial charge in [0.05, 0.1) is 6.42 Å². The van der Waals surface area contributed by atoms with Gasteiger partial charge in [0, 0.05) is 12.8 Å². The number of ether oxygens (including phenoxy) is 3. The Morgan fingerprint density at radius 1 is 0.265 bits per heavy atom. The Hall–Kier alpha value is -4.45. The van der Waals surface area contributed by atoms with Crippen LogP contribution in [0.2, 0.25) is 0 Å². The van der Waals surface area contributed by atoms with Crippen LogP contribution in [-0.4, -0.2) is 37.2 Å². The van der Waals surface area contributed by atoms with Crippen LogP contribution >= 0.6 is 0 Å². The van der Waals surface area contributed by atoms with E-state index in [1.54, 1.807) is 6.08 Å². The summed E-state index contributed by atoms with van der Waals surface area (Å²) in [5, 5.41) is 0. The smallest absolute Gasteiger partial charge is 0.310 e. The molecule has 0 bridgehead atoms. The number of rotatable bonds is 62. The van der Waals surface area contributed by atoms with E-state index in [1.165, 1.54) is 154 Å². The Morgan fingerprint density at radius 3 is 0.795 bits per heavy atom. The zero-order chi connectivity index (χ0) is 59.9. The zero-order valence-electron chi connectivity index (χ0n) is 54.2. The normalized spacial score (nSPS) is 13.0. The topological polar surface area (TPSA) is 78.9 Å². The highest BCUT2D eigenvalue weighted by molar-refractivity contribution is 5.72. The highest BCUT2D eigenvalue weighted by Gasteiger charge is 2.19. The quantitative estimate of drug-likeness (QED) is 0.0261. The summed E-state index contributed by atoms with van der Waals surface area (Å²) >= 11 is 0. The number of carbonyl (C=O) groups excluding carboxylic acids is 3. The monoisotopic (exact) mass is 1150 g/mol. The van der Waals surface area contributed by atoms with Gasteiger partial charge >= 0.3 is 17.9 Å². The van der Waals surface area contributed by atoms with Crippen molar-refractivity contribution in [3.05, 3.63) is 134 Å². The van der Waals surface area contributed by atoms with E-state index in [4.69, 9.17) is 14.2 Å². The molecule has 0 aliphatic carbocycles. The highest BCUT2D eigenvalue weighted by atomic mass is 16.6. The first-order chi connectivity index (χ1) is 41.0. The lowest BCUT2D eigenvalue weighted by atomic mass is 10.0. The van der Waals surface area contributed by atoms with E-state index >= 15 is 0 Å². The molecule has 0 rings (SSSR count). The second-order valence-electron chi connectivity index (χ2n) is 22.7. The van der Waals surface area contributed by atoms with Crippen molar-refractivity contribution in [1.82, 2.24) is 0 Å². The molecule has 0 radical (unpaired) electrons. The van der Waals surface area contributed by atoms with Crippen LogP contribution < -0.4 is 0 Å². The molecule has 0 aliphatic rings. The van der Waals surface area contributed by atoms with Crippen LogP contribution in [0.25, 0.3) is 0 Å². The minimum Gasteiger partial charge on any atom is -0.462 e. The lowest BCUT2D eigenvalue weighted by Crippen LogP contribution is -2.30. The van der Waals surface area contributed by atoms with Gasteiger partial charge in [0.15, 0.2) is 6.10 Å². The molecule has 0 aromatic carbocycles. The van der Waals surface area contributed by atoms with Gasteiger partial charge in [-0.1, -0.05) is 315 Å². The Balaban J connectivity index is 4.19. The van der Waals surface area contributed by atoms with Gasteiger partial charge in [0.25, 0.3) is 0 Å². The first-order valence-corrected chi connectivity index (χ1v) is 34.7. The molecule has 0 aromatic rings. The molecule has 1 unspecified atom stereocenters. The number of esters is 3. The SMILES string of the molecule is CC/C=C\C/C=C\C/C=C\C/C=C\C/C=C\CC(=O)OC(COC(=O)CCCCCCC/C=C\C/C=C\CCCCC)COC(=O)CCCCCCCCCCCCCCCCCCCCCCCC/C=C\C/C=C\C/C=C\C/C=C\CC. The molecule has 0 saturated heterocycles. The third-order valence-corrected chi connectivity index (χ3v) is 14.7. The maximum Gasteiger partial charge on any atom is 0.310 e. The predicted octanol–water partition coefficient (Wildman–Crippen LogP) is 24.1. The third-order valence-electron chi connectivity index (χ3n) is 14.7. The molecule has 0 amide bonds. The number of allylic oxidation sites excluding steroid dienone is 21. The Morgan fingerprint density at radius 2 is 0.506 bits per heavy atom. The summed E-state index contributed by atoms with van der Waals surface area (Å²) in [6.45, 7) is 6.31. The van der Waals surface area contributed by atoms with E-state index in [2.05, 4.69) is 142 Å². The van der Waals surface area contributed by atoms with Crippen LogP contribution in [0.3, 0.4) is 0 Å². The largest absolute Gasteiger partial charge is 0.462 e. The van der Waals surface area contributed by atoms with E-state index in [1.807, 2.05) is 6.08 Å². The summed E-state index contributed by atoms with van der Waals surface area (Å²) in [6, 6.07) is 0. The fraction of sp³-hybridized carbons (Fsp3) is 0.675. The van der Waals surface area contributed by atoms with Crippen molar-refractivity contribution in [1.29, 1.82) is 0 Å². The average Bonchev–Trinajstić information content (AvgIpc) is 3.50. The van der Waals surface area contributed by atoms with E-state index < -0.39 is 12.1 Å². The van der Waals surface area contributed by atoms with Crippen molar-refractivity contribution in [2.24, 2.45) is 0 Å². The number of hydrogen-bond acceptors (Lipinski definition) is 6. The molecule has 472 valence electrons. The van der Waals surface area contributed by atoms with Crippen molar-refractivity contribution in [2.75, 3.05) is 13.2 Å². The molecule has 0 saturated carbocycles. The fourth-order valence-corrected chi connectivity index (χ4v) is 9.54. The second kappa shape index (κ2) is 70.0. The number of unbranched alkanes of at least 4 members (excludes halogenated alkanes) is 30. The zero-order valence-corrected chi connectivity index (χ0v) is 54.2. The van der Waals surface area contributed by atoms with Gasteiger partial charge in [0.1, 0.15) is 13.2 Å². The minimum absolute atomic E-state index is 0.0919. The fourth-order valence-electron chi connectivity index (χ4n) is 9.54. The summed E-state index contributed by atoms with van der Waals surface area (Å²) in [7, 11) is 0. The van der Waals surface area contributed by atoms with E-state index in [0.29, 0.717) is 12.8 Å². The van der Waals surface area contributed by atoms with E-state index in [9.17, 15) is 14.4 Å². The van der Waals surface area contributed by atoms with Crippen LogP contribution in [0.5, 0.6) is 0 Å². The van der Waals surface area contributed by atoms with Gasteiger partial charge < -0.3 is 14.2 Å². The van der Waals surface area contributed by atoms with Gasteiger partial charge in [-0.2, -0.15) is 0 Å². The number of carbonyl (C=O) groups is 3. The second-order valence-corrected chi connectivity index (χ2v) is 22.7. The van der Waals surface area contributed by atoms with Crippen molar-refractivity contribution < 1.29 is 28.6 Å². The molecule has 0 heterocycles. The van der Waals surface area contributed by atoms with Crippen molar-refractivity contribution in [3.63, 3.8) is 0 Å². The molecule has 0 aliphatic heterocycles. The minimum atomic E-state index is -0.841. The summed E-state index contributed by atoms with van der Waals surface area (Å²) < 4.78 is 16.8. The molecule has 0 N–H and O–H groups in total. The maximum absolute atomic E-state index is 12.8. The molecular formula is C77H128O6. The first-order valence-electron chi connectivity index (χ1n) is 34.7. The van der Waals surface area contributed by atoms with Crippen molar-refractivity contribution in [2.45, 2.75) is 322 Å². The summed E-state index contributed by atoms with van der Waals surface area (Å²) in [4.78, 5) is 38.3. The first kappa shape index (κ1) is 78.5. The van der Waals surface area contributed by atoms with Crippen LogP contribution in [0, 0.1) is 0 Å². The standard InChI is InChI=1S/C77H128O6/c1-4-7-10-13-16-19-22-25-28-29-30-31-32-33-34-35-36-37-38-39-40-41-42-43-44-45-46-47-50-52-55-58-61-64-67-70-76(79)82-73-74(83-77(80)71-68-65-62-59-56-53-49-27-24-21-18-15-12-9-6-3)72-81-75(78)69-66-63-60-57-54-51-48-26-23-20-17-14-11-8-5-2/h7,9-10,12,16-21,25-28,30-31,48-49,56,59,65,68,74H,4-6,8,11,13-15,22-24,29,32-47,50-55,57-58,60-64,66-67,69-73H2,1-3H3/b10-7-,12-9-,19-16-,20-17-,21-18-,28-25-,31-30-,48-26-,49-27-,59-56-,68-65-. The van der Waals surface area contributed by atoms with Gasteiger partial charge in [-0.25, -0.2) is 0 Å². The Labute approximate surface area is 513 Å². The lowest BCUT2D eigenvalue weighted by Gasteiger charge is -2.18. The van der Waals surface area contributed by atoms with E-state index in [0.717, 1.165) is 122 Å². The van der Waals surface area contributed by atoms with Crippen LogP contribution in [0.4, 0.5) is 0 Å². The van der Waals surface area contributed by atoms with Gasteiger partial charge in [-0.15, -0.1) is 0 Å². The summed E-state index contributed by atoms with van der Waals surface area (Å²) in [5.74, 6) is -1.06. The Bertz CT molecular complexity index is 1750. The van der Waals surface area contributed by atoms with Gasteiger partial charge in [-0.3, -0.25) is 14.4 Å². The average molecular weight is 1150 g/mol. The molecule has 0 fully saturated rings. The van der Waals surface area contributed by atoms with Gasteiger partial charge in [-0.05, 0) is 116 Å². The molecule has 0 spiro atoms. The molecule has 6 nitrogen and oxygen atoms in total. The van der Waals surface area contributed by atoms with Crippen LogP contribution in [-0.2, 0) is 28.6 Å². The molecule has 1 atom stereocenters. The molecule has 6 heteroatoms. The van der Waals surface area contributed by atoms with Crippen LogP contribution in [0.15, 0.2) is 134 Å². The lowest BCUT2D eigenvalue weighted by molar-refractivity contribution is -0.166. The third kappa shape index (κ3) is 68.2. The Kier molecular flexibility index (Phi) is 66.3. The highest BCUT2D eigenvalue weighted by Crippen LogP contribution is 2.17. The molecular weight excluding hydrogens is 1020 g/mol. The molecule has 83 heavy (non-hydrogen) atoms. The predicted molar refractivity (Wildman–Crippen MR) is 362 cm³/mol. The summed E-state index contributed by atoms with van der Waals surface area (Å²) in [5.41, 5.74) is 0. The maximum atomic E-state index is 12.8. The van der Waals surface area contributed by atoms with Crippen molar-refractivity contribution in [3.8, 4) is 0 Å². The van der Waals surface area contributed by atoms with Crippen molar-refractivity contribution >= 4 is 17.9 Å². The van der Waals surface area contributed by atoms with E-state index in [-0.39, 0.29) is 31.6 Å². The molecule has 0 aromatic heterocycles. The van der Waals surface area contributed by atoms with Gasteiger partial charge in [0.2, 0.25) is 0 Å². The number of hydrogen-bond donors (Lipinski definition) is 0.